The Hall–Kier alpha value is -2.43. The molecular formula is C15H14F2N2O. The second kappa shape index (κ2) is 5.69. The van der Waals surface area contributed by atoms with Crippen molar-refractivity contribution >= 4 is 17.4 Å². The van der Waals surface area contributed by atoms with Crippen molar-refractivity contribution < 1.29 is 13.6 Å². The Morgan fingerprint density at radius 1 is 1.00 bits per heavy atom. The van der Waals surface area contributed by atoms with Gasteiger partial charge in [0.05, 0.1) is 5.69 Å². The van der Waals surface area contributed by atoms with E-state index >= 15 is 0 Å². The number of aryl methyl sites for hydroxylation is 1. The van der Waals surface area contributed by atoms with Crippen LogP contribution in [0.3, 0.4) is 0 Å². The van der Waals surface area contributed by atoms with Crippen molar-refractivity contribution in [3.63, 3.8) is 0 Å². The lowest BCUT2D eigenvalue weighted by Crippen LogP contribution is -2.20. The van der Waals surface area contributed by atoms with Crippen LogP contribution in [0, 0.1) is 25.5 Å². The maximum atomic E-state index is 13.4. The summed E-state index contributed by atoms with van der Waals surface area (Å²) in [6.07, 6.45) is 0. The summed E-state index contributed by atoms with van der Waals surface area (Å²) in [7, 11) is 0. The molecule has 0 unspecified atom stereocenters. The fourth-order valence-electron chi connectivity index (χ4n) is 1.76. The maximum Gasteiger partial charge on any atom is 0.323 e. The standard InChI is InChI=1S/C15H14F2N2O/c1-9-4-3-5-13(10(9)2)18-15(20)19-14-8-11(16)6-7-12(14)17/h3-8H,1-2H3,(H2,18,19,20). The molecule has 2 rings (SSSR count). The summed E-state index contributed by atoms with van der Waals surface area (Å²) in [5, 5.41) is 4.89. The van der Waals surface area contributed by atoms with Crippen molar-refractivity contribution in [3.05, 3.63) is 59.2 Å². The fourth-order valence-corrected chi connectivity index (χ4v) is 1.76. The molecule has 0 radical (unpaired) electrons. The van der Waals surface area contributed by atoms with Crippen LogP contribution in [0.4, 0.5) is 25.0 Å². The highest BCUT2D eigenvalue weighted by Gasteiger charge is 2.09. The largest absolute Gasteiger partial charge is 0.323 e. The summed E-state index contributed by atoms with van der Waals surface area (Å²) in [6, 6.07) is 7.72. The van der Waals surface area contributed by atoms with Crippen molar-refractivity contribution in [3.8, 4) is 0 Å². The Labute approximate surface area is 115 Å². The minimum atomic E-state index is -0.692. The molecule has 0 saturated carbocycles. The second-order valence-corrected chi connectivity index (χ2v) is 4.45. The summed E-state index contributed by atoms with van der Waals surface area (Å²) < 4.78 is 26.4. The first-order valence-corrected chi connectivity index (χ1v) is 6.06. The van der Waals surface area contributed by atoms with E-state index in [0.717, 1.165) is 29.3 Å². The number of hydrogen-bond acceptors (Lipinski definition) is 1. The predicted molar refractivity (Wildman–Crippen MR) is 74.9 cm³/mol. The summed E-state index contributed by atoms with van der Waals surface area (Å²) >= 11 is 0. The highest BCUT2D eigenvalue weighted by Crippen LogP contribution is 2.19. The molecule has 2 aromatic carbocycles. The van der Waals surface area contributed by atoms with Gasteiger partial charge in [-0.15, -0.1) is 0 Å². The molecule has 0 bridgehead atoms. The van der Waals surface area contributed by atoms with Gasteiger partial charge in [0.1, 0.15) is 11.6 Å². The molecule has 0 fully saturated rings. The van der Waals surface area contributed by atoms with Crippen LogP contribution in [-0.2, 0) is 0 Å². The van der Waals surface area contributed by atoms with Crippen LogP contribution in [0.1, 0.15) is 11.1 Å². The highest BCUT2D eigenvalue weighted by molar-refractivity contribution is 6.00. The zero-order valence-electron chi connectivity index (χ0n) is 11.1. The van der Waals surface area contributed by atoms with Crippen LogP contribution < -0.4 is 10.6 Å². The molecule has 0 spiro atoms. The Kier molecular flexibility index (Phi) is 3.98. The summed E-state index contributed by atoms with van der Waals surface area (Å²) in [5.74, 6) is -1.31. The first-order chi connectivity index (χ1) is 9.47. The van der Waals surface area contributed by atoms with Crippen molar-refractivity contribution in [2.45, 2.75) is 13.8 Å². The Morgan fingerprint density at radius 2 is 1.70 bits per heavy atom. The normalized spacial score (nSPS) is 10.2. The van der Waals surface area contributed by atoms with E-state index in [2.05, 4.69) is 10.6 Å². The van der Waals surface area contributed by atoms with Gasteiger partial charge in [0, 0.05) is 11.8 Å². The predicted octanol–water partition coefficient (Wildman–Crippen LogP) is 4.23. The van der Waals surface area contributed by atoms with Gasteiger partial charge in [0.15, 0.2) is 0 Å². The quantitative estimate of drug-likeness (QED) is 0.847. The van der Waals surface area contributed by atoms with E-state index < -0.39 is 17.7 Å². The van der Waals surface area contributed by atoms with Gasteiger partial charge < -0.3 is 10.6 Å². The second-order valence-electron chi connectivity index (χ2n) is 4.45. The average molecular weight is 276 g/mol. The van der Waals surface area contributed by atoms with E-state index in [9.17, 15) is 13.6 Å². The summed E-state index contributed by atoms with van der Waals surface area (Å²) in [4.78, 5) is 11.8. The third kappa shape index (κ3) is 3.12. The minimum absolute atomic E-state index is 0.201. The van der Waals surface area contributed by atoms with Crippen molar-refractivity contribution in [1.82, 2.24) is 0 Å². The molecule has 104 valence electrons. The average Bonchev–Trinajstić information content (AvgIpc) is 2.39. The van der Waals surface area contributed by atoms with Gasteiger partial charge in [0.2, 0.25) is 0 Å². The number of halogens is 2. The molecule has 0 heterocycles. The van der Waals surface area contributed by atoms with Crippen LogP contribution in [0.5, 0.6) is 0 Å². The summed E-state index contributed by atoms with van der Waals surface area (Å²) in [6.45, 7) is 3.79. The molecule has 0 atom stereocenters. The molecule has 0 aliphatic rings. The van der Waals surface area contributed by atoms with Crippen molar-refractivity contribution in [2.24, 2.45) is 0 Å². The SMILES string of the molecule is Cc1cccc(NC(=O)Nc2cc(F)ccc2F)c1C. The molecule has 5 heteroatoms. The number of rotatable bonds is 2. The van der Waals surface area contributed by atoms with Gasteiger partial charge in [-0.05, 0) is 43.2 Å². The first-order valence-electron chi connectivity index (χ1n) is 6.06. The third-order valence-electron chi connectivity index (χ3n) is 3.03. The van der Waals surface area contributed by atoms with Gasteiger partial charge in [-0.1, -0.05) is 12.1 Å². The molecule has 2 aromatic rings. The van der Waals surface area contributed by atoms with Gasteiger partial charge in [-0.2, -0.15) is 0 Å². The van der Waals surface area contributed by atoms with E-state index in [1.165, 1.54) is 0 Å². The minimum Gasteiger partial charge on any atom is -0.307 e. The lowest BCUT2D eigenvalue weighted by Gasteiger charge is -2.11. The highest BCUT2D eigenvalue weighted by atomic mass is 19.1. The lowest BCUT2D eigenvalue weighted by atomic mass is 10.1. The Balaban J connectivity index is 2.13. The lowest BCUT2D eigenvalue weighted by molar-refractivity contribution is 0.262. The number of benzene rings is 2. The van der Waals surface area contributed by atoms with Crippen molar-refractivity contribution in [2.75, 3.05) is 10.6 Å². The molecule has 0 saturated heterocycles. The van der Waals surface area contributed by atoms with Gasteiger partial charge in [-0.25, -0.2) is 13.6 Å². The fraction of sp³-hybridized carbons (Fsp3) is 0.133. The number of anilines is 2. The smallest absolute Gasteiger partial charge is 0.307 e. The van der Waals surface area contributed by atoms with Crippen LogP contribution in [0.2, 0.25) is 0 Å². The zero-order valence-corrected chi connectivity index (χ0v) is 11.1. The molecular weight excluding hydrogens is 262 g/mol. The number of hydrogen-bond donors (Lipinski definition) is 2. The molecule has 0 aromatic heterocycles. The van der Waals surface area contributed by atoms with E-state index in [1.54, 1.807) is 12.1 Å². The summed E-state index contributed by atoms with van der Waals surface area (Å²) in [5.41, 5.74) is 2.37. The third-order valence-corrected chi connectivity index (χ3v) is 3.03. The first kappa shape index (κ1) is 14.0. The van der Waals surface area contributed by atoms with E-state index in [1.807, 2.05) is 19.9 Å². The Bertz CT molecular complexity index is 650. The monoisotopic (exact) mass is 276 g/mol. The number of nitrogens with one attached hydrogen (secondary N) is 2. The number of carbonyl (C=O) groups excluding carboxylic acids is 1. The number of carbonyl (C=O) groups is 1. The van der Waals surface area contributed by atoms with Gasteiger partial charge in [0.25, 0.3) is 0 Å². The molecule has 20 heavy (non-hydrogen) atoms. The number of urea groups is 1. The molecule has 2 N–H and O–H groups in total. The maximum absolute atomic E-state index is 13.4. The Morgan fingerprint density at radius 3 is 2.45 bits per heavy atom. The van der Waals surface area contributed by atoms with E-state index in [-0.39, 0.29) is 5.69 Å². The number of amides is 2. The van der Waals surface area contributed by atoms with Crippen LogP contribution >= 0.6 is 0 Å². The molecule has 3 nitrogen and oxygen atoms in total. The van der Waals surface area contributed by atoms with Crippen LogP contribution in [0.15, 0.2) is 36.4 Å². The molecule has 0 aliphatic heterocycles. The molecule has 2 amide bonds. The van der Waals surface area contributed by atoms with Gasteiger partial charge in [-0.3, -0.25) is 0 Å². The van der Waals surface area contributed by atoms with Crippen molar-refractivity contribution in [1.29, 1.82) is 0 Å². The van der Waals surface area contributed by atoms with Gasteiger partial charge >= 0.3 is 6.03 Å². The van der Waals surface area contributed by atoms with E-state index in [4.69, 9.17) is 0 Å². The topological polar surface area (TPSA) is 41.1 Å². The molecule has 0 aliphatic carbocycles. The van der Waals surface area contributed by atoms with Crippen LogP contribution in [0.25, 0.3) is 0 Å². The zero-order chi connectivity index (χ0) is 14.7. The van der Waals surface area contributed by atoms with E-state index in [0.29, 0.717) is 5.69 Å². The van der Waals surface area contributed by atoms with Crippen LogP contribution in [-0.4, -0.2) is 6.03 Å².